The van der Waals surface area contributed by atoms with Crippen LogP contribution in [0.2, 0.25) is 0 Å². The van der Waals surface area contributed by atoms with Crippen LogP contribution in [0.25, 0.3) is 0 Å². The molecule has 1 aromatic heterocycles. The molecule has 2 rings (SSSR count). The smallest absolute Gasteiger partial charge is 0.445 e. The van der Waals surface area contributed by atoms with Crippen molar-refractivity contribution < 1.29 is 23.1 Å². The summed E-state index contributed by atoms with van der Waals surface area (Å²) in [6.45, 7) is 1.85. The molecule has 2 aromatic rings. The second-order valence-electron chi connectivity index (χ2n) is 4.53. The van der Waals surface area contributed by atoms with Gasteiger partial charge in [-0.2, -0.15) is 13.2 Å². The number of nitrogens with zero attached hydrogens (tertiary/aromatic N) is 2. The molecule has 0 aliphatic carbocycles. The molecule has 8 heteroatoms. The zero-order valence-corrected chi connectivity index (χ0v) is 11.7. The minimum Gasteiger partial charge on any atom is -0.481 e. The summed E-state index contributed by atoms with van der Waals surface area (Å²) in [5.41, 5.74) is 1.68. The average molecular weight is 316 g/mol. The molecule has 1 atom stereocenters. The number of halogens is 3. The molecular formula is C13H11F3N2O2S. The Morgan fingerprint density at radius 2 is 2.10 bits per heavy atom. The van der Waals surface area contributed by atoms with Gasteiger partial charge in [0.1, 0.15) is 10.9 Å². The number of rotatable bonds is 4. The van der Waals surface area contributed by atoms with Crippen molar-refractivity contribution in [3.63, 3.8) is 0 Å². The van der Waals surface area contributed by atoms with Crippen LogP contribution in [0.5, 0.6) is 0 Å². The van der Waals surface area contributed by atoms with Crippen molar-refractivity contribution >= 4 is 17.3 Å². The van der Waals surface area contributed by atoms with Crippen LogP contribution in [-0.4, -0.2) is 21.3 Å². The zero-order chi connectivity index (χ0) is 15.6. The van der Waals surface area contributed by atoms with Gasteiger partial charge in [-0.3, -0.25) is 4.79 Å². The molecule has 0 amide bonds. The molecule has 0 fully saturated rings. The van der Waals surface area contributed by atoms with Crippen LogP contribution >= 0.6 is 11.3 Å². The number of carboxylic acids is 1. The van der Waals surface area contributed by atoms with Crippen LogP contribution in [0.4, 0.5) is 13.2 Å². The Hall–Kier alpha value is -1.96. The van der Waals surface area contributed by atoms with Crippen molar-refractivity contribution in [3.8, 4) is 0 Å². The van der Waals surface area contributed by atoms with Crippen LogP contribution in [-0.2, 0) is 17.4 Å². The molecule has 0 radical (unpaired) electrons. The van der Waals surface area contributed by atoms with E-state index in [2.05, 4.69) is 10.2 Å². The maximum Gasteiger partial charge on any atom is 0.445 e. The summed E-state index contributed by atoms with van der Waals surface area (Å²) >= 11 is 0.272. The maximum absolute atomic E-state index is 12.5. The van der Waals surface area contributed by atoms with Gasteiger partial charge in [0.05, 0.1) is 0 Å². The van der Waals surface area contributed by atoms with Crippen molar-refractivity contribution in [3.05, 3.63) is 45.4 Å². The lowest BCUT2D eigenvalue weighted by Crippen LogP contribution is -2.14. The van der Waals surface area contributed by atoms with Gasteiger partial charge in [0.2, 0.25) is 5.01 Å². The third kappa shape index (κ3) is 3.78. The number of aryl methyl sites for hydroxylation is 1. The monoisotopic (exact) mass is 316 g/mol. The Kier molecular flexibility index (Phi) is 4.26. The highest BCUT2D eigenvalue weighted by Crippen LogP contribution is 2.34. The second kappa shape index (κ2) is 5.80. The normalized spacial score (nSPS) is 13.1. The van der Waals surface area contributed by atoms with Crippen LogP contribution in [0, 0.1) is 6.92 Å². The summed E-state index contributed by atoms with van der Waals surface area (Å²) in [4.78, 5) is 11.3. The van der Waals surface area contributed by atoms with Gasteiger partial charge in [-0.05, 0) is 18.9 Å². The first-order valence-corrected chi connectivity index (χ1v) is 6.78. The van der Waals surface area contributed by atoms with E-state index in [-0.39, 0.29) is 22.8 Å². The molecule has 21 heavy (non-hydrogen) atoms. The van der Waals surface area contributed by atoms with Crippen LogP contribution in [0.1, 0.15) is 27.1 Å². The van der Waals surface area contributed by atoms with Crippen molar-refractivity contribution in [2.75, 3.05) is 0 Å². The summed E-state index contributed by atoms with van der Waals surface area (Å²) in [5.74, 6) is -2.36. The van der Waals surface area contributed by atoms with Gasteiger partial charge < -0.3 is 5.11 Å². The summed E-state index contributed by atoms with van der Waals surface area (Å²) in [5, 5.41) is 14.4. The van der Waals surface area contributed by atoms with Crippen molar-refractivity contribution in [1.82, 2.24) is 10.2 Å². The molecule has 0 saturated carbocycles. The molecule has 1 aromatic carbocycles. The van der Waals surface area contributed by atoms with Crippen LogP contribution < -0.4 is 0 Å². The Morgan fingerprint density at radius 3 is 2.62 bits per heavy atom. The first-order chi connectivity index (χ1) is 9.77. The van der Waals surface area contributed by atoms with E-state index >= 15 is 0 Å². The van der Waals surface area contributed by atoms with Gasteiger partial charge in [-0.25, -0.2) is 0 Å². The fourth-order valence-corrected chi connectivity index (χ4v) is 2.65. The minimum atomic E-state index is -4.61. The van der Waals surface area contributed by atoms with Crippen LogP contribution in [0.3, 0.4) is 0 Å². The topological polar surface area (TPSA) is 63.1 Å². The van der Waals surface area contributed by atoms with E-state index < -0.39 is 23.1 Å². The van der Waals surface area contributed by atoms with E-state index in [0.717, 1.165) is 11.1 Å². The largest absolute Gasteiger partial charge is 0.481 e. The lowest BCUT2D eigenvalue weighted by Gasteiger charge is -2.09. The van der Waals surface area contributed by atoms with Gasteiger partial charge in [-0.1, -0.05) is 41.2 Å². The SMILES string of the molecule is Cc1cccc(CC(C(=O)O)c2nnc(C(F)(F)F)s2)c1. The van der Waals surface area contributed by atoms with E-state index in [1.165, 1.54) is 0 Å². The lowest BCUT2D eigenvalue weighted by molar-refractivity contribution is -0.139. The molecular weight excluding hydrogens is 305 g/mol. The predicted molar refractivity (Wildman–Crippen MR) is 70.2 cm³/mol. The molecule has 0 bridgehead atoms. The number of benzene rings is 1. The van der Waals surface area contributed by atoms with Crippen molar-refractivity contribution in [1.29, 1.82) is 0 Å². The number of alkyl halides is 3. The number of hydrogen-bond acceptors (Lipinski definition) is 4. The Balaban J connectivity index is 2.27. The third-order valence-corrected chi connectivity index (χ3v) is 3.88. The van der Waals surface area contributed by atoms with E-state index in [1.54, 1.807) is 18.2 Å². The van der Waals surface area contributed by atoms with Crippen molar-refractivity contribution in [2.24, 2.45) is 0 Å². The molecule has 112 valence electrons. The Labute approximate surface area is 122 Å². The van der Waals surface area contributed by atoms with E-state index in [9.17, 15) is 23.1 Å². The van der Waals surface area contributed by atoms with E-state index in [0.29, 0.717) is 0 Å². The van der Waals surface area contributed by atoms with Gasteiger partial charge in [0, 0.05) is 0 Å². The fourth-order valence-electron chi connectivity index (χ4n) is 1.85. The predicted octanol–water partition coefficient (Wildman–Crippen LogP) is 3.28. The fraction of sp³-hybridized carbons (Fsp3) is 0.308. The summed E-state index contributed by atoms with van der Waals surface area (Å²) < 4.78 is 37.5. The Bertz CT molecular complexity index is 655. The zero-order valence-electron chi connectivity index (χ0n) is 10.9. The number of carbonyl (C=O) groups is 1. The second-order valence-corrected chi connectivity index (χ2v) is 5.54. The third-order valence-electron chi connectivity index (χ3n) is 2.80. The van der Waals surface area contributed by atoms with Crippen LogP contribution in [0.15, 0.2) is 24.3 Å². The van der Waals surface area contributed by atoms with Gasteiger partial charge in [0.15, 0.2) is 0 Å². The highest BCUT2D eigenvalue weighted by molar-refractivity contribution is 7.11. The molecule has 4 nitrogen and oxygen atoms in total. The number of carboxylic acid groups (broad SMARTS) is 1. The number of aliphatic carboxylic acids is 1. The summed E-state index contributed by atoms with van der Waals surface area (Å²) in [6.07, 6.45) is -4.54. The standard InChI is InChI=1S/C13H11F3N2O2S/c1-7-3-2-4-8(5-7)6-9(11(19)20)10-17-18-12(21-10)13(14,15)16/h2-5,9H,6H2,1H3,(H,19,20). The molecule has 0 aliphatic heterocycles. The first kappa shape index (κ1) is 15.4. The highest BCUT2D eigenvalue weighted by atomic mass is 32.1. The molecule has 0 saturated heterocycles. The van der Waals surface area contributed by atoms with E-state index in [4.69, 9.17) is 0 Å². The Morgan fingerprint density at radius 1 is 1.38 bits per heavy atom. The molecule has 1 heterocycles. The lowest BCUT2D eigenvalue weighted by atomic mass is 9.99. The van der Waals surface area contributed by atoms with Crippen molar-refractivity contribution in [2.45, 2.75) is 25.4 Å². The number of aromatic nitrogens is 2. The van der Waals surface area contributed by atoms with Gasteiger partial charge in [-0.15, -0.1) is 10.2 Å². The van der Waals surface area contributed by atoms with Gasteiger partial charge in [0.25, 0.3) is 0 Å². The molecule has 0 aliphatic rings. The summed E-state index contributed by atoms with van der Waals surface area (Å²) in [7, 11) is 0. The minimum absolute atomic E-state index is 0.0729. The van der Waals surface area contributed by atoms with E-state index in [1.807, 2.05) is 13.0 Å². The molecule has 0 spiro atoms. The first-order valence-electron chi connectivity index (χ1n) is 5.96. The number of hydrogen-bond donors (Lipinski definition) is 1. The average Bonchev–Trinajstić information content (AvgIpc) is 2.84. The summed E-state index contributed by atoms with van der Waals surface area (Å²) in [6, 6.07) is 7.15. The highest BCUT2D eigenvalue weighted by Gasteiger charge is 2.37. The van der Waals surface area contributed by atoms with Gasteiger partial charge >= 0.3 is 12.1 Å². The molecule has 1 unspecified atom stereocenters. The quantitative estimate of drug-likeness (QED) is 0.940. The maximum atomic E-state index is 12.5. The molecule has 1 N–H and O–H groups in total.